The molecule has 0 aromatic heterocycles. The molecule has 12 heavy (non-hydrogen) atoms. The molecule has 0 N–H and O–H groups in total. The van der Waals surface area contributed by atoms with Crippen molar-refractivity contribution in [3.05, 3.63) is 30.3 Å². The van der Waals surface area contributed by atoms with Gasteiger partial charge in [-0.15, -0.1) is 9.24 Å². The lowest BCUT2D eigenvalue weighted by Gasteiger charge is -1.93. The van der Waals surface area contributed by atoms with Crippen molar-refractivity contribution in [1.82, 2.24) is 4.90 Å². The second-order valence-corrected chi connectivity index (χ2v) is 3.15. The third-order valence-corrected chi connectivity index (χ3v) is 1.40. The van der Waals surface area contributed by atoms with Crippen LogP contribution < -0.4 is 5.30 Å². The fraction of sp³-hybridized carbons (Fsp3) is 0.222. The number of hydrogen-bond acceptors (Lipinski definition) is 1. The first-order valence-corrected chi connectivity index (χ1v) is 4.17. The van der Waals surface area contributed by atoms with Crippen LogP contribution in [0.3, 0.4) is 0 Å². The molecule has 0 aliphatic carbocycles. The van der Waals surface area contributed by atoms with Crippen LogP contribution in [0.5, 0.6) is 0 Å². The molecule has 3 heteroatoms. The zero-order valence-corrected chi connectivity index (χ0v) is 8.55. The van der Waals surface area contributed by atoms with Crippen LogP contribution in [0.25, 0.3) is 0 Å². The van der Waals surface area contributed by atoms with Crippen molar-refractivity contribution in [1.29, 1.82) is 0 Å². The second-order valence-electron chi connectivity index (χ2n) is 2.48. The van der Waals surface area contributed by atoms with Gasteiger partial charge >= 0.3 is 0 Å². The zero-order valence-electron chi connectivity index (χ0n) is 7.40. The molecule has 0 spiro atoms. The normalized spacial score (nSPS) is 7.92. The average molecular weight is 183 g/mol. The van der Waals surface area contributed by atoms with Gasteiger partial charge in [-0.1, -0.05) is 30.3 Å². The standard InChI is InChI=1S/C6H7P.C3H7NO/c7-6-4-2-1-3-5-6;1-4(2)3-5/h1-5H,7H2;3H,1-2H3. The van der Waals surface area contributed by atoms with Crippen molar-refractivity contribution >= 4 is 21.0 Å². The molecule has 0 saturated carbocycles. The molecule has 1 unspecified atom stereocenters. The van der Waals surface area contributed by atoms with Gasteiger partial charge < -0.3 is 4.90 Å². The lowest BCUT2D eigenvalue weighted by atomic mass is 10.4. The van der Waals surface area contributed by atoms with Crippen molar-refractivity contribution in [2.45, 2.75) is 0 Å². The molecule has 0 saturated heterocycles. The summed E-state index contributed by atoms with van der Waals surface area (Å²) in [6, 6.07) is 10.1. The third kappa shape index (κ3) is 7.23. The van der Waals surface area contributed by atoms with E-state index in [0.717, 1.165) is 6.41 Å². The van der Waals surface area contributed by atoms with Crippen LogP contribution in [0.2, 0.25) is 0 Å². The molecule has 1 amide bonds. The van der Waals surface area contributed by atoms with Crippen LogP contribution in [-0.4, -0.2) is 25.4 Å². The Balaban J connectivity index is 0.000000217. The van der Waals surface area contributed by atoms with Crippen LogP contribution in [0, 0.1) is 0 Å². The summed E-state index contributed by atoms with van der Waals surface area (Å²) in [6.45, 7) is 0. The molecule has 1 aromatic rings. The number of benzene rings is 1. The topological polar surface area (TPSA) is 20.3 Å². The molecule has 0 aliphatic heterocycles. The van der Waals surface area contributed by atoms with E-state index in [2.05, 4.69) is 9.24 Å². The fourth-order valence-electron chi connectivity index (χ4n) is 0.453. The smallest absolute Gasteiger partial charge is 0.209 e. The molecular weight excluding hydrogens is 169 g/mol. The van der Waals surface area contributed by atoms with Crippen molar-refractivity contribution < 1.29 is 4.79 Å². The van der Waals surface area contributed by atoms with Crippen LogP contribution >= 0.6 is 9.24 Å². The van der Waals surface area contributed by atoms with Crippen LogP contribution in [-0.2, 0) is 4.79 Å². The molecule has 66 valence electrons. The van der Waals surface area contributed by atoms with E-state index in [0.29, 0.717) is 0 Å². The van der Waals surface area contributed by atoms with Gasteiger partial charge in [-0.05, 0) is 5.30 Å². The Hall–Kier alpha value is -0.880. The molecular formula is C9H14NOP. The van der Waals surface area contributed by atoms with E-state index < -0.39 is 0 Å². The Morgan fingerprint density at radius 3 is 1.83 bits per heavy atom. The van der Waals surface area contributed by atoms with Crippen molar-refractivity contribution in [3.8, 4) is 0 Å². The van der Waals surface area contributed by atoms with E-state index in [9.17, 15) is 4.79 Å². The second kappa shape index (κ2) is 6.81. The van der Waals surface area contributed by atoms with Crippen molar-refractivity contribution in [2.24, 2.45) is 0 Å². The Morgan fingerprint density at radius 2 is 1.67 bits per heavy atom. The van der Waals surface area contributed by atoms with Gasteiger partial charge in [0.2, 0.25) is 6.41 Å². The van der Waals surface area contributed by atoms with Gasteiger partial charge in [0.25, 0.3) is 0 Å². The molecule has 1 rings (SSSR count). The first-order valence-electron chi connectivity index (χ1n) is 3.59. The quantitative estimate of drug-likeness (QED) is 0.467. The predicted octanol–water partition coefficient (Wildman–Crippen LogP) is 0.891. The summed E-state index contributed by atoms with van der Waals surface area (Å²) in [5, 5.41) is 1.24. The Labute approximate surface area is 75.8 Å². The van der Waals surface area contributed by atoms with Gasteiger partial charge in [0, 0.05) is 14.1 Å². The van der Waals surface area contributed by atoms with Gasteiger partial charge in [-0.3, -0.25) is 4.79 Å². The highest BCUT2D eigenvalue weighted by atomic mass is 31.0. The molecule has 0 aliphatic rings. The van der Waals surface area contributed by atoms with Gasteiger partial charge in [-0.25, -0.2) is 0 Å². The number of hydrogen-bond donors (Lipinski definition) is 0. The average Bonchev–Trinajstić information content (AvgIpc) is 2.07. The highest BCUT2D eigenvalue weighted by molar-refractivity contribution is 7.27. The lowest BCUT2D eigenvalue weighted by Crippen LogP contribution is -2.06. The molecule has 0 bridgehead atoms. The third-order valence-electron chi connectivity index (χ3n) is 1.01. The van der Waals surface area contributed by atoms with Crippen molar-refractivity contribution in [2.75, 3.05) is 14.1 Å². The maximum Gasteiger partial charge on any atom is 0.209 e. The fourth-order valence-corrected chi connectivity index (χ4v) is 0.675. The molecule has 0 heterocycles. The molecule has 0 fully saturated rings. The number of nitrogens with zero attached hydrogens (tertiary/aromatic N) is 1. The van der Waals surface area contributed by atoms with Gasteiger partial charge in [-0.2, -0.15) is 0 Å². The maximum atomic E-state index is 9.43. The first-order chi connectivity index (χ1) is 5.66. The largest absolute Gasteiger partial charge is 0.351 e. The summed E-state index contributed by atoms with van der Waals surface area (Å²) >= 11 is 0. The molecule has 2 nitrogen and oxygen atoms in total. The Kier molecular flexibility index (Phi) is 6.31. The van der Waals surface area contributed by atoms with Crippen molar-refractivity contribution in [3.63, 3.8) is 0 Å². The van der Waals surface area contributed by atoms with Gasteiger partial charge in [0.05, 0.1) is 0 Å². The SMILES string of the molecule is CN(C)C=O.Pc1ccccc1. The minimum atomic E-state index is 0.750. The van der Waals surface area contributed by atoms with E-state index in [-0.39, 0.29) is 0 Å². The van der Waals surface area contributed by atoms with Gasteiger partial charge in [0.1, 0.15) is 0 Å². The first kappa shape index (κ1) is 11.1. The van der Waals surface area contributed by atoms with E-state index in [4.69, 9.17) is 0 Å². The Morgan fingerprint density at radius 1 is 1.25 bits per heavy atom. The predicted molar refractivity (Wildman–Crippen MR) is 55.5 cm³/mol. The Bertz CT molecular complexity index is 211. The van der Waals surface area contributed by atoms with E-state index >= 15 is 0 Å². The number of amides is 1. The summed E-state index contributed by atoms with van der Waals surface area (Å²) in [6.07, 6.45) is 0.750. The lowest BCUT2D eigenvalue weighted by molar-refractivity contribution is -0.115. The van der Waals surface area contributed by atoms with Crippen LogP contribution in [0.4, 0.5) is 0 Å². The number of carbonyl (C=O) groups excluding carboxylic acids is 1. The molecule has 1 atom stereocenters. The van der Waals surface area contributed by atoms with E-state index in [1.165, 1.54) is 10.2 Å². The van der Waals surface area contributed by atoms with E-state index in [1.54, 1.807) is 14.1 Å². The summed E-state index contributed by atoms with van der Waals surface area (Å²) in [4.78, 5) is 10.9. The van der Waals surface area contributed by atoms with Crippen LogP contribution in [0.1, 0.15) is 0 Å². The van der Waals surface area contributed by atoms with Crippen LogP contribution in [0.15, 0.2) is 30.3 Å². The zero-order chi connectivity index (χ0) is 9.40. The molecule has 1 aromatic carbocycles. The highest BCUT2D eigenvalue weighted by Crippen LogP contribution is 1.86. The summed E-state index contributed by atoms with van der Waals surface area (Å²) < 4.78 is 0. The monoisotopic (exact) mass is 183 g/mol. The maximum absolute atomic E-state index is 9.43. The summed E-state index contributed by atoms with van der Waals surface area (Å²) in [5.41, 5.74) is 0. The van der Waals surface area contributed by atoms with Gasteiger partial charge in [0.15, 0.2) is 0 Å². The molecule has 0 radical (unpaired) electrons. The number of carbonyl (C=O) groups is 1. The minimum absolute atomic E-state index is 0.750. The number of rotatable bonds is 1. The summed E-state index contributed by atoms with van der Waals surface area (Å²) in [5.74, 6) is 0. The highest BCUT2D eigenvalue weighted by Gasteiger charge is 1.72. The van der Waals surface area contributed by atoms with E-state index in [1.807, 2.05) is 30.3 Å². The summed E-state index contributed by atoms with van der Waals surface area (Å²) in [7, 11) is 6.00. The minimum Gasteiger partial charge on any atom is -0.351 e.